The van der Waals surface area contributed by atoms with Gasteiger partial charge in [0.1, 0.15) is 0 Å². The van der Waals surface area contributed by atoms with Crippen molar-refractivity contribution in [1.82, 2.24) is 0 Å². The molecule has 0 heterocycles. The Bertz CT molecular complexity index is 1100. The maximum atomic E-state index is 3.92. The quantitative estimate of drug-likeness (QED) is 0.413. The summed E-state index contributed by atoms with van der Waals surface area (Å²) in [7, 11) is 0. The average Bonchev–Trinajstić information content (AvgIpc) is 3.31. The number of rotatable bonds is 2. The first-order valence-corrected chi connectivity index (χ1v) is 13.2. The molecule has 0 nitrogen and oxygen atoms in total. The topological polar surface area (TPSA) is 0 Å². The van der Waals surface area contributed by atoms with Crippen molar-refractivity contribution in [2.24, 2.45) is 0 Å². The summed E-state index contributed by atoms with van der Waals surface area (Å²) in [4.78, 5) is 0. The zero-order valence-electron chi connectivity index (χ0n) is 22.3. The molecule has 2 aromatic rings. The first-order chi connectivity index (χ1) is 14.8. The van der Waals surface area contributed by atoms with E-state index in [4.69, 9.17) is 0 Å². The van der Waals surface area contributed by atoms with Gasteiger partial charge in [0.15, 0.2) is 0 Å². The summed E-state index contributed by atoms with van der Waals surface area (Å²) in [5.41, 5.74) is 13.3. The third-order valence-corrected chi connectivity index (χ3v) is 6.23. The SMILES string of the molecule is CCc1c(C2=CC=CC2)c(C(C)(C)C)[c-]c2c1-c1ccc(C(C)(C)C)cc1C2.C[C](C)=[Zr+2].[Cl-].[Cl-]. The van der Waals surface area contributed by atoms with Gasteiger partial charge in [-0.05, 0) is 34.8 Å². The molecule has 2 aromatic carbocycles. The second-order valence-corrected chi connectivity index (χ2v) is 13.9. The van der Waals surface area contributed by atoms with Crippen LogP contribution in [0, 0.1) is 6.07 Å². The minimum Gasteiger partial charge on any atom is -1.00 e. The van der Waals surface area contributed by atoms with Crippen LogP contribution in [0.2, 0.25) is 0 Å². The number of allylic oxidation sites excluding steroid dienone is 4. The molecule has 0 aliphatic heterocycles. The molecule has 0 fully saturated rings. The Labute approximate surface area is 235 Å². The van der Waals surface area contributed by atoms with Crippen LogP contribution in [-0.4, -0.2) is 3.21 Å². The molecule has 0 saturated heterocycles. The predicted octanol–water partition coefficient (Wildman–Crippen LogP) is 2.31. The van der Waals surface area contributed by atoms with Crippen LogP contribution in [0.1, 0.15) is 102 Å². The van der Waals surface area contributed by atoms with E-state index in [1.165, 1.54) is 53.3 Å². The van der Waals surface area contributed by atoms with Crippen LogP contribution in [0.15, 0.2) is 36.4 Å². The van der Waals surface area contributed by atoms with Crippen molar-refractivity contribution in [3.05, 3.63) is 75.9 Å². The molecule has 0 unspecified atom stereocenters. The van der Waals surface area contributed by atoms with Crippen LogP contribution in [0.5, 0.6) is 0 Å². The summed E-state index contributed by atoms with van der Waals surface area (Å²) >= 11 is 1.55. The van der Waals surface area contributed by atoms with Crippen LogP contribution in [0.25, 0.3) is 16.7 Å². The summed E-state index contributed by atoms with van der Waals surface area (Å²) in [6.07, 6.45) is 9.91. The van der Waals surface area contributed by atoms with E-state index in [0.29, 0.717) is 0 Å². The largest absolute Gasteiger partial charge is 1.00 e. The normalized spacial score (nSPS) is 13.7. The number of hydrogen-bond donors (Lipinski definition) is 0. The van der Waals surface area contributed by atoms with Crippen LogP contribution < -0.4 is 24.8 Å². The van der Waals surface area contributed by atoms with Gasteiger partial charge in [0.2, 0.25) is 0 Å². The minimum absolute atomic E-state index is 0. The Morgan fingerprint density at radius 3 is 2.06 bits per heavy atom. The summed E-state index contributed by atoms with van der Waals surface area (Å²) in [5, 5.41) is 0. The maximum Gasteiger partial charge on any atom is -1.00 e. The zero-order chi connectivity index (χ0) is 23.8. The molecule has 0 saturated carbocycles. The molecule has 0 radical (unpaired) electrons. The van der Waals surface area contributed by atoms with Gasteiger partial charge in [-0.3, -0.25) is 0 Å². The van der Waals surface area contributed by atoms with Gasteiger partial charge in [-0.2, -0.15) is 6.07 Å². The third kappa shape index (κ3) is 6.72. The smallest absolute Gasteiger partial charge is 1.00 e. The van der Waals surface area contributed by atoms with Gasteiger partial charge < -0.3 is 24.8 Å². The fourth-order valence-electron chi connectivity index (χ4n) is 4.74. The van der Waals surface area contributed by atoms with Crippen molar-refractivity contribution < 1.29 is 49.0 Å². The van der Waals surface area contributed by atoms with Crippen molar-refractivity contribution in [3.63, 3.8) is 0 Å². The van der Waals surface area contributed by atoms with Gasteiger partial charge in [-0.25, -0.2) is 0 Å². The van der Waals surface area contributed by atoms with E-state index >= 15 is 0 Å². The first kappa shape index (κ1) is 31.3. The molecule has 2 aliphatic rings. The molecule has 0 atom stereocenters. The number of benzene rings is 2. The molecule has 34 heavy (non-hydrogen) atoms. The summed E-state index contributed by atoms with van der Waals surface area (Å²) in [6.45, 7) is 20.5. The molecule has 0 spiro atoms. The van der Waals surface area contributed by atoms with Gasteiger partial charge in [0.05, 0.1) is 0 Å². The van der Waals surface area contributed by atoms with Crippen LogP contribution >= 0.6 is 0 Å². The van der Waals surface area contributed by atoms with E-state index in [2.05, 4.69) is 105 Å². The second-order valence-electron chi connectivity index (χ2n) is 11.4. The van der Waals surface area contributed by atoms with E-state index in [-0.39, 0.29) is 35.6 Å². The van der Waals surface area contributed by atoms with E-state index in [9.17, 15) is 0 Å². The standard InChI is InChI=1S/C28H33.C3H6.2ClH.Zr/c1-8-22-25-20(15-19-16-21(27(2,3)4)13-14-23(19)25)17-24(28(5,6)7)26(22)18-11-9-10-12-18;1-3-2;;;/h9-11,13-14,16H,8,12,15H2,1-7H3;1-2H3;2*1H;/q-1;;;;+2/p-2. The molecular formula is C31H39Cl2Zr-. The van der Waals surface area contributed by atoms with Crippen molar-refractivity contribution in [2.45, 2.75) is 92.4 Å². The van der Waals surface area contributed by atoms with Gasteiger partial charge in [0.25, 0.3) is 0 Å². The van der Waals surface area contributed by atoms with Gasteiger partial charge in [0, 0.05) is 0 Å². The van der Waals surface area contributed by atoms with Gasteiger partial charge >= 0.3 is 41.3 Å². The van der Waals surface area contributed by atoms with Gasteiger partial charge in [-0.1, -0.05) is 102 Å². The predicted molar refractivity (Wildman–Crippen MR) is 138 cm³/mol. The molecule has 182 valence electrons. The van der Waals surface area contributed by atoms with E-state index in [1.807, 2.05) is 0 Å². The Morgan fingerprint density at radius 2 is 1.59 bits per heavy atom. The monoisotopic (exact) mass is 571 g/mol. The van der Waals surface area contributed by atoms with E-state index in [0.717, 1.165) is 19.3 Å². The Kier molecular flexibility index (Phi) is 11.0. The minimum atomic E-state index is 0. The average molecular weight is 574 g/mol. The molecule has 3 heteroatoms. The zero-order valence-corrected chi connectivity index (χ0v) is 26.3. The fraction of sp³-hybridized carbons (Fsp3) is 0.452. The molecule has 4 rings (SSSR count). The van der Waals surface area contributed by atoms with Crippen molar-refractivity contribution in [1.29, 1.82) is 0 Å². The van der Waals surface area contributed by atoms with E-state index in [1.54, 1.807) is 24.2 Å². The molecule has 0 aromatic heterocycles. The summed E-state index contributed by atoms with van der Waals surface area (Å²) in [6, 6.07) is 11.1. The van der Waals surface area contributed by atoms with Crippen LogP contribution in [0.3, 0.4) is 0 Å². The number of hydrogen-bond acceptors (Lipinski definition) is 0. The summed E-state index contributed by atoms with van der Waals surface area (Å²) in [5.74, 6) is 0. The van der Waals surface area contributed by atoms with Gasteiger partial charge in [-0.15, -0.1) is 27.8 Å². The Balaban J connectivity index is 0.000000895. The van der Waals surface area contributed by atoms with Crippen molar-refractivity contribution in [2.75, 3.05) is 0 Å². The molecule has 2 aliphatic carbocycles. The molecular weight excluding hydrogens is 534 g/mol. The Hall–Kier alpha value is -0.747. The molecule has 0 bridgehead atoms. The van der Waals surface area contributed by atoms with Crippen LogP contribution in [-0.2, 0) is 47.9 Å². The summed E-state index contributed by atoms with van der Waals surface area (Å²) < 4.78 is 1.51. The first-order valence-electron chi connectivity index (χ1n) is 12.0. The maximum absolute atomic E-state index is 3.92. The Morgan fingerprint density at radius 1 is 0.971 bits per heavy atom. The van der Waals surface area contributed by atoms with Crippen LogP contribution in [0.4, 0.5) is 0 Å². The third-order valence-electron chi connectivity index (χ3n) is 6.23. The number of halogens is 2. The second kappa shape index (κ2) is 12.0. The fourth-order valence-corrected chi connectivity index (χ4v) is 4.74. The van der Waals surface area contributed by atoms with E-state index < -0.39 is 0 Å². The number of fused-ring (bicyclic) bond motifs is 3. The molecule has 0 N–H and O–H groups in total. The van der Waals surface area contributed by atoms with Crippen molar-refractivity contribution in [3.8, 4) is 11.1 Å². The molecule has 0 amide bonds. The van der Waals surface area contributed by atoms with Crippen molar-refractivity contribution >= 4 is 8.78 Å².